The van der Waals surface area contributed by atoms with Gasteiger partial charge in [-0.2, -0.15) is 0 Å². The molecule has 0 aliphatic carbocycles. The summed E-state index contributed by atoms with van der Waals surface area (Å²) in [6, 6.07) is 20.0. The summed E-state index contributed by atoms with van der Waals surface area (Å²) in [6.45, 7) is 2.19. The molecule has 19 heavy (non-hydrogen) atoms. The highest BCUT2D eigenvalue weighted by Gasteiger charge is 2.12. The van der Waals surface area contributed by atoms with Gasteiger partial charge in [0.1, 0.15) is 0 Å². The van der Waals surface area contributed by atoms with Crippen molar-refractivity contribution in [2.75, 3.05) is 0 Å². The van der Waals surface area contributed by atoms with Gasteiger partial charge in [0.2, 0.25) is 0 Å². The molecule has 0 spiro atoms. The third kappa shape index (κ3) is 1.51. The molecule has 0 saturated heterocycles. The van der Waals surface area contributed by atoms with Crippen molar-refractivity contribution < 1.29 is 0 Å². The van der Waals surface area contributed by atoms with Crippen molar-refractivity contribution in [1.29, 1.82) is 0 Å². The molecule has 4 aromatic rings. The lowest BCUT2D eigenvalue weighted by atomic mass is 9.91. The quantitative estimate of drug-likeness (QED) is 0.297. The highest BCUT2D eigenvalue weighted by molar-refractivity contribution is 9.09. The summed E-state index contributed by atoms with van der Waals surface area (Å²) < 4.78 is 0. The lowest BCUT2D eigenvalue weighted by molar-refractivity contribution is 1.14. The van der Waals surface area contributed by atoms with Crippen molar-refractivity contribution in [3.8, 4) is 0 Å². The van der Waals surface area contributed by atoms with Crippen LogP contribution >= 0.6 is 15.9 Å². The highest BCUT2D eigenvalue weighted by atomic mass is 79.9. The van der Waals surface area contributed by atoms with Gasteiger partial charge in [-0.05, 0) is 44.8 Å². The molecule has 1 unspecified atom stereocenters. The maximum absolute atomic E-state index is 3.71. The number of halogens is 1. The van der Waals surface area contributed by atoms with E-state index in [2.05, 4.69) is 77.5 Å². The van der Waals surface area contributed by atoms with Crippen LogP contribution in [0.3, 0.4) is 0 Å². The Hall–Kier alpha value is -1.60. The van der Waals surface area contributed by atoms with Gasteiger partial charge < -0.3 is 0 Å². The van der Waals surface area contributed by atoms with Crippen LogP contribution in [-0.4, -0.2) is 0 Å². The first-order valence-electron chi connectivity index (χ1n) is 6.56. The molecule has 4 rings (SSSR count). The molecule has 0 heterocycles. The van der Waals surface area contributed by atoms with Gasteiger partial charge in [0, 0.05) is 4.83 Å². The van der Waals surface area contributed by atoms with Crippen LogP contribution in [0.2, 0.25) is 0 Å². The Bertz CT molecular complexity index is 874. The average Bonchev–Trinajstić information content (AvgIpc) is 2.44. The van der Waals surface area contributed by atoms with E-state index in [0.29, 0.717) is 4.83 Å². The Morgan fingerprint density at radius 2 is 1.32 bits per heavy atom. The van der Waals surface area contributed by atoms with Gasteiger partial charge in [0.25, 0.3) is 0 Å². The van der Waals surface area contributed by atoms with E-state index in [-0.39, 0.29) is 0 Å². The average molecular weight is 309 g/mol. The second-order valence-corrected chi connectivity index (χ2v) is 6.50. The van der Waals surface area contributed by atoms with Crippen LogP contribution < -0.4 is 0 Å². The van der Waals surface area contributed by atoms with E-state index < -0.39 is 0 Å². The van der Waals surface area contributed by atoms with Crippen molar-refractivity contribution >= 4 is 48.2 Å². The summed E-state index contributed by atoms with van der Waals surface area (Å²) in [7, 11) is 0. The minimum absolute atomic E-state index is 0.372. The van der Waals surface area contributed by atoms with Crippen LogP contribution in [0.15, 0.2) is 54.6 Å². The molecule has 0 amide bonds. The fourth-order valence-corrected chi connectivity index (χ4v) is 3.50. The van der Waals surface area contributed by atoms with Crippen LogP contribution in [-0.2, 0) is 0 Å². The van der Waals surface area contributed by atoms with E-state index in [1.165, 1.54) is 37.9 Å². The third-order valence-corrected chi connectivity index (χ3v) is 4.48. The molecule has 0 aromatic heterocycles. The topological polar surface area (TPSA) is 0 Å². The molecular formula is C18H13Br. The Kier molecular flexibility index (Phi) is 2.33. The normalized spacial score (nSPS) is 13.6. The maximum Gasteiger partial charge on any atom is 0.0373 e. The molecule has 0 saturated carbocycles. The first-order chi connectivity index (χ1) is 9.25. The van der Waals surface area contributed by atoms with Crippen LogP contribution in [0, 0.1) is 0 Å². The third-order valence-electron chi connectivity index (χ3n) is 3.99. The molecule has 0 radical (unpaired) electrons. The van der Waals surface area contributed by atoms with E-state index in [1.807, 2.05) is 0 Å². The summed E-state index contributed by atoms with van der Waals surface area (Å²) in [5.74, 6) is 0. The minimum atomic E-state index is 0.372. The summed E-state index contributed by atoms with van der Waals surface area (Å²) in [5.41, 5.74) is 1.37. The van der Waals surface area contributed by atoms with Gasteiger partial charge in [0.15, 0.2) is 0 Å². The predicted octanol–water partition coefficient (Wildman–Crippen LogP) is 6.04. The highest BCUT2D eigenvalue weighted by Crippen LogP contribution is 2.38. The van der Waals surface area contributed by atoms with Crippen molar-refractivity contribution in [3.05, 3.63) is 60.2 Å². The molecule has 4 aromatic carbocycles. The van der Waals surface area contributed by atoms with Crippen LogP contribution in [0.4, 0.5) is 0 Å². The summed E-state index contributed by atoms with van der Waals surface area (Å²) in [6.07, 6.45) is 0. The zero-order valence-corrected chi connectivity index (χ0v) is 12.2. The molecular weight excluding hydrogens is 296 g/mol. The zero-order chi connectivity index (χ0) is 13.0. The standard InChI is InChI=1S/C18H13Br/c1-11(19)15-9-7-14-6-5-12-3-2-4-13-8-10-16(15)18(14)17(12)13/h2-11H,1H3. The molecule has 0 aliphatic heterocycles. The zero-order valence-electron chi connectivity index (χ0n) is 10.7. The molecule has 0 nitrogen and oxygen atoms in total. The fraction of sp³-hybridized carbons (Fsp3) is 0.111. The first kappa shape index (κ1) is 11.2. The number of alkyl halides is 1. The van der Waals surface area contributed by atoms with Gasteiger partial charge in [0.05, 0.1) is 0 Å². The monoisotopic (exact) mass is 308 g/mol. The number of hydrogen-bond donors (Lipinski definition) is 0. The van der Waals surface area contributed by atoms with Gasteiger partial charge in [-0.25, -0.2) is 0 Å². The smallest absolute Gasteiger partial charge is 0.0373 e. The lowest BCUT2D eigenvalue weighted by Crippen LogP contribution is -1.90. The van der Waals surface area contributed by atoms with E-state index in [9.17, 15) is 0 Å². The van der Waals surface area contributed by atoms with Crippen molar-refractivity contribution in [3.63, 3.8) is 0 Å². The van der Waals surface area contributed by atoms with E-state index in [4.69, 9.17) is 0 Å². The van der Waals surface area contributed by atoms with Crippen LogP contribution in [0.1, 0.15) is 17.3 Å². The van der Waals surface area contributed by atoms with Gasteiger partial charge in [-0.15, -0.1) is 0 Å². The summed E-state index contributed by atoms with van der Waals surface area (Å²) >= 11 is 3.71. The molecule has 0 bridgehead atoms. The summed E-state index contributed by atoms with van der Waals surface area (Å²) in [4.78, 5) is 0.372. The SMILES string of the molecule is CC(Br)c1ccc2ccc3cccc4ccc1c2c34. The number of rotatable bonds is 1. The largest absolute Gasteiger partial charge is 0.0842 e. The van der Waals surface area contributed by atoms with Crippen molar-refractivity contribution in [2.45, 2.75) is 11.8 Å². The number of benzene rings is 4. The molecule has 1 heteroatoms. The Labute approximate surface area is 120 Å². The Balaban J connectivity index is 2.35. The maximum atomic E-state index is 3.71. The van der Waals surface area contributed by atoms with Gasteiger partial charge in [-0.1, -0.05) is 70.5 Å². The van der Waals surface area contributed by atoms with E-state index in [0.717, 1.165) is 0 Å². The van der Waals surface area contributed by atoms with Crippen LogP contribution in [0.25, 0.3) is 32.3 Å². The fourth-order valence-electron chi connectivity index (χ4n) is 3.10. The molecule has 0 N–H and O–H groups in total. The second-order valence-electron chi connectivity index (χ2n) is 5.13. The van der Waals surface area contributed by atoms with Gasteiger partial charge in [-0.3, -0.25) is 0 Å². The van der Waals surface area contributed by atoms with Gasteiger partial charge >= 0.3 is 0 Å². The number of hydrogen-bond acceptors (Lipinski definition) is 0. The predicted molar refractivity (Wildman–Crippen MR) is 87.5 cm³/mol. The summed E-state index contributed by atoms with van der Waals surface area (Å²) in [5, 5.41) is 8.15. The Morgan fingerprint density at radius 3 is 2.00 bits per heavy atom. The molecule has 1 atom stereocenters. The Morgan fingerprint density at radius 1 is 0.737 bits per heavy atom. The van der Waals surface area contributed by atoms with Crippen molar-refractivity contribution in [2.24, 2.45) is 0 Å². The van der Waals surface area contributed by atoms with E-state index >= 15 is 0 Å². The molecule has 0 aliphatic rings. The van der Waals surface area contributed by atoms with Crippen LogP contribution in [0.5, 0.6) is 0 Å². The second kappa shape index (κ2) is 3.94. The first-order valence-corrected chi connectivity index (χ1v) is 7.48. The minimum Gasteiger partial charge on any atom is -0.0842 e. The molecule has 92 valence electrons. The lowest BCUT2D eigenvalue weighted by Gasteiger charge is -2.14. The molecule has 0 fully saturated rings. The van der Waals surface area contributed by atoms with Crippen molar-refractivity contribution in [1.82, 2.24) is 0 Å². The van der Waals surface area contributed by atoms with E-state index in [1.54, 1.807) is 0 Å².